The van der Waals surface area contributed by atoms with Crippen LogP contribution in [0.2, 0.25) is 0 Å². The van der Waals surface area contributed by atoms with Crippen molar-refractivity contribution in [3.05, 3.63) is 17.0 Å². The van der Waals surface area contributed by atoms with Gasteiger partial charge in [0.1, 0.15) is 11.8 Å². The van der Waals surface area contributed by atoms with Crippen molar-refractivity contribution >= 4 is 5.97 Å². The molecule has 0 amide bonds. The summed E-state index contributed by atoms with van der Waals surface area (Å²) >= 11 is 0. The Bertz CT molecular complexity index is 410. The van der Waals surface area contributed by atoms with Gasteiger partial charge in [-0.3, -0.25) is 9.69 Å². The molecule has 0 aliphatic carbocycles. The predicted molar refractivity (Wildman–Crippen MR) is 58.4 cm³/mol. The highest BCUT2D eigenvalue weighted by molar-refractivity contribution is 5.74. The third-order valence-electron chi connectivity index (χ3n) is 3.21. The molecule has 2 atom stereocenters. The summed E-state index contributed by atoms with van der Waals surface area (Å²) in [4.78, 5) is 12.8. The van der Waals surface area contributed by atoms with E-state index in [-0.39, 0.29) is 6.42 Å². The number of aromatic nitrogens is 1. The average Bonchev–Trinajstić information content (AvgIpc) is 2.76. The van der Waals surface area contributed by atoms with Gasteiger partial charge in [0.25, 0.3) is 0 Å². The highest BCUT2D eigenvalue weighted by Crippen LogP contribution is 2.23. The molecule has 1 aliphatic rings. The minimum Gasteiger partial charge on any atom is -0.480 e. The Balaban J connectivity index is 2.15. The van der Waals surface area contributed by atoms with Gasteiger partial charge in [0.2, 0.25) is 0 Å². The molecule has 0 aromatic carbocycles. The summed E-state index contributed by atoms with van der Waals surface area (Å²) in [7, 11) is 0. The summed E-state index contributed by atoms with van der Waals surface area (Å²) in [6, 6.07) is -0.626. The number of aliphatic carboxylic acids is 1. The minimum absolute atomic E-state index is 0.276. The van der Waals surface area contributed by atoms with Crippen LogP contribution >= 0.6 is 0 Å². The summed E-state index contributed by atoms with van der Waals surface area (Å²) in [5.41, 5.74) is 1.68. The summed E-state index contributed by atoms with van der Waals surface area (Å²) in [6.45, 7) is 4.46. The van der Waals surface area contributed by atoms with E-state index in [2.05, 4.69) is 5.16 Å². The molecule has 94 valence electrons. The molecule has 0 spiro atoms. The van der Waals surface area contributed by atoms with Crippen LogP contribution < -0.4 is 0 Å². The van der Waals surface area contributed by atoms with Crippen LogP contribution in [0.15, 0.2) is 4.52 Å². The van der Waals surface area contributed by atoms with E-state index in [0.29, 0.717) is 18.8 Å². The molecule has 1 aliphatic heterocycles. The Morgan fingerprint density at radius 3 is 2.82 bits per heavy atom. The third kappa shape index (κ3) is 2.32. The van der Waals surface area contributed by atoms with Crippen LogP contribution in [-0.4, -0.2) is 44.9 Å². The summed E-state index contributed by atoms with van der Waals surface area (Å²) < 4.78 is 5.04. The van der Waals surface area contributed by atoms with Gasteiger partial charge in [-0.2, -0.15) is 0 Å². The van der Waals surface area contributed by atoms with E-state index < -0.39 is 18.1 Å². The Hall–Kier alpha value is -1.40. The first-order valence-corrected chi connectivity index (χ1v) is 5.55. The standard InChI is InChI=1S/C11H16N2O4/c1-6-9(7(2)17-12-6)5-13-4-8(14)3-10(13)11(15)16/h8,10,14H,3-5H2,1-2H3,(H,15,16). The van der Waals surface area contributed by atoms with Gasteiger partial charge in [-0.1, -0.05) is 5.16 Å². The maximum Gasteiger partial charge on any atom is 0.321 e. The zero-order valence-corrected chi connectivity index (χ0v) is 9.88. The molecule has 17 heavy (non-hydrogen) atoms. The Morgan fingerprint density at radius 1 is 1.59 bits per heavy atom. The first kappa shape index (κ1) is 12.1. The Morgan fingerprint density at radius 2 is 2.29 bits per heavy atom. The van der Waals surface area contributed by atoms with Crippen LogP contribution in [0.3, 0.4) is 0 Å². The van der Waals surface area contributed by atoms with E-state index in [9.17, 15) is 9.90 Å². The van der Waals surface area contributed by atoms with Crippen LogP contribution in [0, 0.1) is 13.8 Å². The normalized spacial score (nSPS) is 25.4. The quantitative estimate of drug-likeness (QED) is 0.790. The van der Waals surface area contributed by atoms with E-state index in [1.54, 1.807) is 11.8 Å². The molecule has 0 bridgehead atoms. The number of carbonyl (C=O) groups is 1. The lowest BCUT2D eigenvalue weighted by Gasteiger charge is -2.20. The number of carboxylic acid groups (broad SMARTS) is 1. The lowest BCUT2D eigenvalue weighted by Crippen LogP contribution is -2.35. The van der Waals surface area contributed by atoms with Crippen LogP contribution in [0.4, 0.5) is 0 Å². The zero-order chi connectivity index (χ0) is 12.6. The smallest absolute Gasteiger partial charge is 0.321 e. The fourth-order valence-electron chi connectivity index (χ4n) is 2.24. The van der Waals surface area contributed by atoms with Gasteiger partial charge in [-0.15, -0.1) is 0 Å². The van der Waals surface area contributed by atoms with Crippen molar-refractivity contribution in [1.82, 2.24) is 10.1 Å². The fourth-order valence-corrected chi connectivity index (χ4v) is 2.24. The van der Waals surface area contributed by atoms with Gasteiger partial charge in [-0.05, 0) is 13.8 Å². The Kier molecular flexibility index (Phi) is 3.17. The van der Waals surface area contributed by atoms with Crippen LogP contribution in [0.25, 0.3) is 0 Å². The molecule has 0 saturated carbocycles. The maximum absolute atomic E-state index is 11.1. The van der Waals surface area contributed by atoms with Crippen molar-refractivity contribution in [2.24, 2.45) is 0 Å². The lowest BCUT2D eigenvalue weighted by atomic mass is 10.1. The van der Waals surface area contributed by atoms with Crippen molar-refractivity contribution < 1.29 is 19.5 Å². The van der Waals surface area contributed by atoms with Crippen molar-refractivity contribution in [1.29, 1.82) is 0 Å². The molecular formula is C11H16N2O4. The van der Waals surface area contributed by atoms with Gasteiger partial charge >= 0.3 is 5.97 Å². The van der Waals surface area contributed by atoms with E-state index in [1.165, 1.54) is 0 Å². The minimum atomic E-state index is -0.895. The third-order valence-corrected chi connectivity index (χ3v) is 3.21. The second-order valence-corrected chi connectivity index (χ2v) is 4.48. The molecule has 2 unspecified atom stereocenters. The van der Waals surface area contributed by atoms with Gasteiger partial charge in [0, 0.05) is 25.1 Å². The van der Waals surface area contributed by atoms with Crippen molar-refractivity contribution in [2.75, 3.05) is 6.54 Å². The van der Waals surface area contributed by atoms with E-state index in [1.807, 2.05) is 6.92 Å². The number of aliphatic hydroxyl groups excluding tert-OH is 1. The number of likely N-dealkylation sites (tertiary alicyclic amines) is 1. The van der Waals surface area contributed by atoms with Gasteiger partial charge in [0.05, 0.1) is 11.8 Å². The van der Waals surface area contributed by atoms with Gasteiger partial charge in [-0.25, -0.2) is 0 Å². The number of hydrogen-bond donors (Lipinski definition) is 2. The van der Waals surface area contributed by atoms with E-state index in [4.69, 9.17) is 9.63 Å². The molecule has 2 N–H and O–H groups in total. The fraction of sp³-hybridized carbons (Fsp3) is 0.636. The topological polar surface area (TPSA) is 86.8 Å². The molecule has 1 aromatic rings. The molecule has 1 saturated heterocycles. The first-order chi connectivity index (χ1) is 7.99. The van der Waals surface area contributed by atoms with Crippen molar-refractivity contribution in [3.63, 3.8) is 0 Å². The SMILES string of the molecule is Cc1noc(C)c1CN1CC(O)CC1C(=O)O. The average molecular weight is 240 g/mol. The molecule has 2 heterocycles. The first-order valence-electron chi connectivity index (χ1n) is 5.55. The molecule has 1 fully saturated rings. The predicted octanol–water partition coefficient (Wildman–Crippen LogP) is 0.311. The number of aryl methyl sites for hydroxylation is 2. The number of β-amino-alcohol motifs (C(OH)–C–C–N with tert-alkyl or cyclic N) is 1. The van der Waals surface area contributed by atoms with Gasteiger partial charge in [0.15, 0.2) is 0 Å². The highest BCUT2D eigenvalue weighted by atomic mass is 16.5. The molecule has 6 nitrogen and oxygen atoms in total. The number of nitrogens with zero attached hydrogens (tertiary/aromatic N) is 2. The maximum atomic E-state index is 11.1. The van der Waals surface area contributed by atoms with Crippen LogP contribution in [0.1, 0.15) is 23.4 Å². The molecule has 1 aromatic heterocycles. The number of hydrogen-bond acceptors (Lipinski definition) is 5. The van der Waals surface area contributed by atoms with E-state index >= 15 is 0 Å². The molecule has 0 radical (unpaired) electrons. The van der Waals surface area contributed by atoms with Gasteiger partial charge < -0.3 is 14.7 Å². The second-order valence-electron chi connectivity index (χ2n) is 4.48. The monoisotopic (exact) mass is 240 g/mol. The molecular weight excluding hydrogens is 224 g/mol. The molecule has 6 heteroatoms. The highest BCUT2D eigenvalue weighted by Gasteiger charge is 2.36. The number of carboxylic acids is 1. The Labute approximate surface area is 98.8 Å². The number of rotatable bonds is 3. The summed E-state index contributed by atoms with van der Waals surface area (Å²) in [5, 5.41) is 22.5. The second kappa shape index (κ2) is 4.46. The lowest BCUT2D eigenvalue weighted by molar-refractivity contribution is -0.142. The number of aliphatic hydroxyl groups is 1. The van der Waals surface area contributed by atoms with Crippen molar-refractivity contribution in [2.45, 2.75) is 39.0 Å². The van der Waals surface area contributed by atoms with Crippen LogP contribution in [0.5, 0.6) is 0 Å². The summed E-state index contributed by atoms with van der Waals surface area (Å²) in [5.74, 6) is -0.193. The largest absolute Gasteiger partial charge is 0.480 e. The summed E-state index contributed by atoms with van der Waals surface area (Å²) in [6.07, 6.45) is -0.296. The van der Waals surface area contributed by atoms with Crippen LogP contribution in [-0.2, 0) is 11.3 Å². The van der Waals surface area contributed by atoms with E-state index in [0.717, 1.165) is 11.3 Å². The van der Waals surface area contributed by atoms with Crippen molar-refractivity contribution in [3.8, 4) is 0 Å². The molecule has 2 rings (SSSR count). The zero-order valence-electron chi connectivity index (χ0n) is 9.88.